The average molecular weight is 527 g/mol. The number of hydrogen-bond acceptors (Lipinski definition) is 7. The van der Waals surface area contributed by atoms with Crippen LogP contribution >= 0.6 is 0 Å². The minimum absolute atomic E-state index is 0.00459. The van der Waals surface area contributed by atoms with Crippen LogP contribution in [-0.4, -0.2) is 75.2 Å². The van der Waals surface area contributed by atoms with Crippen molar-refractivity contribution in [3.05, 3.63) is 34.2 Å². The molecule has 11 heteroatoms. The number of hydrogen-bond donors (Lipinski definition) is 1. The Labute approximate surface area is 216 Å². The number of piperazine rings is 1. The van der Waals surface area contributed by atoms with E-state index in [1.54, 1.807) is 34.2 Å². The molecule has 0 saturated carbocycles. The normalized spacial score (nSPS) is 25.8. The molecule has 0 radical (unpaired) electrons. The summed E-state index contributed by atoms with van der Waals surface area (Å²) in [6, 6.07) is 5.43. The zero-order chi connectivity index (χ0) is 26.1. The molecule has 3 fully saturated rings. The molecule has 4 atom stereocenters. The van der Waals surface area contributed by atoms with Gasteiger partial charge in [-0.3, -0.25) is 14.4 Å². The number of benzene rings is 1. The summed E-state index contributed by atoms with van der Waals surface area (Å²) < 4.78 is 37.4. The van der Waals surface area contributed by atoms with E-state index < -0.39 is 10.0 Å². The van der Waals surface area contributed by atoms with Gasteiger partial charge < -0.3 is 9.72 Å². The van der Waals surface area contributed by atoms with Gasteiger partial charge in [0, 0.05) is 31.2 Å². The molecule has 3 saturated heterocycles. The number of likely N-dealkylation sites (N-methyl/N-ethyl adjacent to an activating group) is 1. The van der Waals surface area contributed by atoms with Crippen molar-refractivity contribution in [3.8, 4) is 17.1 Å². The highest BCUT2D eigenvalue weighted by Crippen LogP contribution is 2.47. The topological polar surface area (TPSA) is 113 Å². The third kappa shape index (κ3) is 3.65. The Morgan fingerprint density at radius 3 is 2.38 bits per heavy atom. The molecule has 10 nitrogen and oxygen atoms in total. The molecular formula is C26H34N6O4S. The van der Waals surface area contributed by atoms with E-state index >= 15 is 0 Å². The highest BCUT2D eigenvalue weighted by atomic mass is 32.2. The lowest BCUT2D eigenvalue weighted by Crippen LogP contribution is -2.60. The van der Waals surface area contributed by atoms with Crippen LogP contribution in [0.4, 0.5) is 0 Å². The van der Waals surface area contributed by atoms with Gasteiger partial charge in [0.15, 0.2) is 5.52 Å². The number of nitrogens with one attached hydrogen (secondary N) is 1. The summed E-state index contributed by atoms with van der Waals surface area (Å²) in [5.41, 5.74) is 1.82. The molecule has 0 spiro atoms. The number of ether oxygens (including phenoxy) is 1. The summed E-state index contributed by atoms with van der Waals surface area (Å²) in [5, 5.41) is 4.50. The van der Waals surface area contributed by atoms with Crippen LogP contribution in [0, 0.1) is 0 Å². The SMILES string of the molecule is CCCc1nn(C)c2c(=O)[nH]c(-c3cc(S(=O)(=O)N4C5CCC4C4CCC5N4C)ccc3OCC)nc12. The van der Waals surface area contributed by atoms with Gasteiger partial charge in [0.1, 0.15) is 17.1 Å². The predicted molar refractivity (Wildman–Crippen MR) is 140 cm³/mol. The Hall–Kier alpha value is -2.76. The molecule has 6 rings (SSSR count). The van der Waals surface area contributed by atoms with Crippen LogP contribution in [0.1, 0.15) is 51.6 Å². The summed E-state index contributed by atoms with van der Waals surface area (Å²) in [6.07, 6.45) is 5.42. The fourth-order valence-corrected chi connectivity index (χ4v) is 8.84. The molecule has 37 heavy (non-hydrogen) atoms. The van der Waals surface area contributed by atoms with Crippen LogP contribution < -0.4 is 10.3 Å². The molecule has 4 unspecified atom stereocenters. The third-order valence-corrected chi connectivity index (χ3v) is 10.4. The van der Waals surface area contributed by atoms with Gasteiger partial charge in [-0.05, 0) is 64.3 Å². The predicted octanol–water partition coefficient (Wildman–Crippen LogP) is 2.67. The molecule has 198 valence electrons. The van der Waals surface area contributed by atoms with Gasteiger partial charge in [-0.25, -0.2) is 13.4 Å². The van der Waals surface area contributed by atoms with Crippen LogP contribution in [0.5, 0.6) is 5.75 Å². The molecular weight excluding hydrogens is 492 g/mol. The Balaban J connectivity index is 1.48. The van der Waals surface area contributed by atoms with Crippen LogP contribution in [0.15, 0.2) is 27.9 Å². The smallest absolute Gasteiger partial charge is 0.277 e. The van der Waals surface area contributed by atoms with E-state index in [1.165, 1.54) is 0 Å². The van der Waals surface area contributed by atoms with Crippen molar-refractivity contribution in [3.63, 3.8) is 0 Å². The standard InChI is InChI=1S/C26H34N6O4S/c1-5-7-17-23-24(31(4)29-17)26(33)28-25(27-23)16-14-15(8-13-22(16)36-6-2)37(34,35)32-20-11-12-21(32)19-10-9-18(20)30(19)3/h8,13-14,18-21H,5-7,9-12H2,1-4H3,(H,27,28,33). The van der Waals surface area contributed by atoms with E-state index in [0.717, 1.165) is 37.8 Å². The minimum atomic E-state index is -3.76. The average Bonchev–Trinajstić information content (AvgIpc) is 3.48. The van der Waals surface area contributed by atoms with Crippen LogP contribution in [0.3, 0.4) is 0 Å². The van der Waals surface area contributed by atoms with Crippen molar-refractivity contribution in [2.75, 3.05) is 13.7 Å². The molecule has 1 aromatic carbocycles. The van der Waals surface area contributed by atoms with Crippen molar-refractivity contribution >= 4 is 21.1 Å². The number of sulfonamides is 1. The van der Waals surface area contributed by atoms with Crippen LogP contribution in [0.25, 0.3) is 22.4 Å². The number of H-pyrrole nitrogens is 1. The largest absolute Gasteiger partial charge is 0.493 e. The zero-order valence-electron chi connectivity index (χ0n) is 21.8. The third-order valence-electron chi connectivity index (χ3n) is 8.44. The van der Waals surface area contributed by atoms with Crippen molar-refractivity contribution in [1.29, 1.82) is 0 Å². The molecule has 0 amide bonds. The number of aryl methyl sites for hydroxylation is 2. The summed E-state index contributed by atoms with van der Waals surface area (Å²) in [6.45, 7) is 4.31. The van der Waals surface area contributed by atoms with E-state index in [-0.39, 0.29) is 40.4 Å². The van der Waals surface area contributed by atoms with Crippen molar-refractivity contribution in [2.24, 2.45) is 7.05 Å². The summed E-state index contributed by atoms with van der Waals surface area (Å²) in [4.78, 5) is 23.3. The molecule has 5 heterocycles. The monoisotopic (exact) mass is 526 g/mol. The van der Waals surface area contributed by atoms with Crippen molar-refractivity contribution in [1.82, 2.24) is 29.0 Å². The van der Waals surface area contributed by atoms with Gasteiger partial charge in [-0.2, -0.15) is 9.40 Å². The lowest BCUT2D eigenvalue weighted by Gasteiger charge is -2.44. The van der Waals surface area contributed by atoms with Crippen LogP contribution in [0.2, 0.25) is 0 Å². The Bertz CT molecular complexity index is 1510. The van der Waals surface area contributed by atoms with Gasteiger partial charge in [-0.1, -0.05) is 13.3 Å². The number of aromatic nitrogens is 4. The number of rotatable bonds is 7. The molecule has 3 aliphatic rings. The van der Waals surface area contributed by atoms with E-state index in [2.05, 4.69) is 22.0 Å². The second-order valence-electron chi connectivity index (χ2n) is 10.4. The summed E-state index contributed by atoms with van der Waals surface area (Å²) in [7, 11) is 0.106. The van der Waals surface area contributed by atoms with E-state index in [4.69, 9.17) is 9.72 Å². The first kappa shape index (κ1) is 24.6. The van der Waals surface area contributed by atoms with Gasteiger partial charge in [-0.15, -0.1) is 0 Å². The lowest BCUT2D eigenvalue weighted by molar-refractivity contribution is 0.0801. The number of fused-ring (bicyclic) bond motifs is 7. The minimum Gasteiger partial charge on any atom is -0.493 e. The molecule has 4 bridgehead atoms. The second-order valence-corrected chi connectivity index (χ2v) is 12.3. The van der Waals surface area contributed by atoms with Gasteiger partial charge in [0.2, 0.25) is 10.0 Å². The number of nitrogens with zero attached hydrogens (tertiary/aromatic N) is 5. The fraction of sp³-hybridized carbons (Fsp3) is 0.577. The fourth-order valence-electron chi connectivity index (χ4n) is 6.88. The second kappa shape index (κ2) is 8.92. The molecule has 3 aliphatic heterocycles. The highest BCUT2D eigenvalue weighted by Gasteiger charge is 2.57. The van der Waals surface area contributed by atoms with Gasteiger partial charge in [0.05, 0.1) is 22.8 Å². The first-order valence-corrected chi connectivity index (χ1v) is 14.7. The Morgan fingerprint density at radius 2 is 1.73 bits per heavy atom. The number of aromatic amines is 1. The highest BCUT2D eigenvalue weighted by molar-refractivity contribution is 7.89. The molecule has 2 aromatic heterocycles. The molecule has 1 N–H and O–H groups in total. The van der Waals surface area contributed by atoms with Crippen LogP contribution in [-0.2, 0) is 23.5 Å². The first-order valence-electron chi connectivity index (χ1n) is 13.2. The summed E-state index contributed by atoms with van der Waals surface area (Å²) in [5.74, 6) is 0.760. The first-order chi connectivity index (χ1) is 17.8. The zero-order valence-corrected chi connectivity index (χ0v) is 22.6. The maximum atomic E-state index is 14.1. The van der Waals surface area contributed by atoms with E-state index in [9.17, 15) is 13.2 Å². The van der Waals surface area contributed by atoms with E-state index in [0.29, 0.717) is 35.4 Å². The maximum absolute atomic E-state index is 14.1. The quantitative estimate of drug-likeness (QED) is 0.504. The molecule has 0 aliphatic carbocycles. The lowest BCUT2D eigenvalue weighted by atomic mass is 10.0. The maximum Gasteiger partial charge on any atom is 0.277 e. The summed E-state index contributed by atoms with van der Waals surface area (Å²) >= 11 is 0. The van der Waals surface area contributed by atoms with Crippen molar-refractivity contribution in [2.45, 2.75) is 81.4 Å². The van der Waals surface area contributed by atoms with Gasteiger partial charge in [0.25, 0.3) is 5.56 Å². The van der Waals surface area contributed by atoms with Crippen molar-refractivity contribution < 1.29 is 13.2 Å². The molecule has 3 aromatic rings. The Morgan fingerprint density at radius 1 is 1.05 bits per heavy atom. The van der Waals surface area contributed by atoms with Gasteiger partial charge >= 0.3 is 0 Å². The van der Waals surface area contributed by atoms with E-state index in [1.807, 2.05) is 13.8 Å². The Kier molecular flexibility index (Phi) is 5.92.